The Morgan fingerprint density at radius 3 is 2.95 bits per heavy atom. The van der Waals surface area contributed by atoms with E-state index in [1.807, 2.05) is 0 Å². The highest BCUT2D eigenvalue weighted by molar-refractivity contribution is 9.10. The van der Waals surface area contributed by atoms with E-state index in [4.69, 9.17) is 9.94 Å². The van der Waals surface area contributed by atoms with Crippen LogP contribution in [0.1, 0.15) is 23.0 Å². The smallest absolute Gasteiger partial charge is 0.261 e. The summed E-state index contributed by atoms with van der Waals surface area (Å²) >= 11 is 4.57. The van der Waals surface area contributed by atoms with Gasteiger partial charge in [0, 0.05) is 9.85 Å². The number of halogens is 1. The first-order valence-corrected chi connectivity index (χ1v) is 7.52. The predicted octanol–water partition coefficient (Wildman–Crippen LogP) is 3.36. The minimum Gasteiger partial charge on any atom is -0.496 e. The highest BCUT2D eigenvalue weighted by Crippen LogP contribution is 2.25. The first-order chi connectivity index (χ1) is 10.0. The molecule has 0 aliphatic carbocycles. The molecule has 1 heterocycles. The summed E-state index contributed by atoms with van der Waals surface area (Å²) in [6.07, 6.45) is 0. The van der Waals surface area contributed by atoms with Crippen LogP contribution in [0, 0.1) is 0 Å². The number of rotatable bonds is 4. The van der Waals surface area contributed by atoms with Crippen LogP contribution in [0.25, 0.3) is 0 Å². The zero-order valence-electron chi connectivity index (χ0n) is 11.3. The fourth-order valence-corrected chi connectivity index (χ4v) is 2.65. The number of ether oxygens (including phenoxy) is 1. The van der Waals surface area contributed by atoms with Crippen molar-refractivity contribution in [1.82, 2.24) is 4.98 Å². The summed E-state index contributed by atoms with van der Waals surface area (Å²) in [7, 11) is 1.50. The molecule has 0 saturated heterocycles. The largest absolute Gasteiger partial charge is 0.496 e. The number of hydrogen-bond donors (Lipinski definition) is 2. The van der Waals surface area contributed by atoms with Gasteiger partial charge >= 0.3 is 0 Å². The number of amides is 1. The lowest BCUT2D eigenvalue weighted by atomic mass is 10.2. The standard InChI is InChI=1S/C13H12BrN3O3S/c1-7(17-19)10-6-21-13(15-10)16-12(18)9-4-3-8(14)5-11(9)20-2/h3-6,19H,1-2H3,(H,15,16,18)/b17-7+. The van der Waals surface area contributed by atoms with Gasteiger partial charge in [0.1, 0.15) is 17.2 Å². The topological polar surface area (TPSA) is 83.8 Å². The lowest BCUT2D eigenvalue weighted by molar-refractivity contribution is 0.102. The second kappa shape index (κ2) is 6.68. The molecule has 6 nitrogen and oxygen atoms in total. The van der Waals surface area contributed by atoms with Gasteiger partial charge in [0.25, 0.3) is 5.91 Å². The average Bonchev–Trinajstić information content (AvgIpc) is 2.94. The molecule has 2 aromatic rings. The maximum Gasteiger partial charge on any atom is 0.261 e. The van der Waals surface area contributed by atoms with E-state index < -0.39 is 0 Å². The van der Waals surface area contributed by atoms with E-state index in [0.717, 1.165) is 4.47 Å². The second-order valence-corrected chi connectivity index (χ2v) is 5.80. The SMILES string of the molecule is COc1cc(Br)ccc1C(=O)Nc1nc(/C(C)=N/O)cs1. The van der Waals surface area contributed by atoms with Crippen molar-refractivity contribution in [3.63, 3.8) is 0 Å². The molecule has 0 aliphatic heterocycles. The zero-order valence-corrected chi connectivity index (χ0v) is 13.7. The van der Waals surface area contributed by atoms with E-state index in [1.54, 1.807) is 30.5 Å². The molecular formula is C13H12BrN3O3S. The molecule has 1 aromatic heterocycles. The molecule has 0 saturated carbocycles. The van der Waals surface area contributed by atoms with Crippen molar-refractivity contribution in [2.75, 3.05) is 12.4 Å². The van der Waals surface area contributed by atoms with Gasteiger partial charge in [-0.1, -0.05) is 21.1 Å². The van der Waals surface area contributed by atoms with Crippen molar-refractivity contribution in [3.05, 3.63) is 39.3 Å². The number of anilines is 1. The predicted molar refractivity (Wildman–Crippen MR) is 84.8 cm³/mol. The van der Waals surface area contributed by atoms with Crippen LogP contribution < -0.4 is 10.1 Å². The molecule has 0 unspecified atom stereocenters. The molecule has 0 spiro atoms. The molecule has 0 fully saturated rings. The van der Waals surface area contributed by atoms with Crippen molar-refractivity contribution in [2.24, 2.45) is 5.16 Å². The van der Waals surface area contributed by atoms with Crippen LogP contribution in [0.5, 0.6) is 5.75 Å². The maximum absolute atomic E-state index is 12.2. The van der Waals surface area contributed by atoms with Gasteiger partial charge in [0.2, 0.25) is 0 Å². The van der Waals surface area contributed by atoms with Crippen molar-refractivity contribution in [2.45, 2.75) is 6.92 Å². The highest BCUT2D eigenvalue weighted by atomic mass is 79.9. The molecular weight excluding hydrogens is 358 g/mol. The first-order valence-electron chi connectivity index (χ1n) is 5.84. The number of thiazole rings is 1. The van der Waals surface area contributed by atoms with Crippen LogP contribution in [0.2, 0.25) is 0 Å². The van der Waals surface area contributed by atoms with Gasteiger partial charge in [-0.2, -0.15) is 0 Å². The molecule has 110 valence electrons. The Morgan fingerprint density at radius 1 is 1.52 bits per heavy atom. The second-order valence-electron chi connectivity index (χ2n) is 4.02. The van der Waals surface area contributed by atoms with Gasteiger partial charge in [0.05, 0.1) is 12.7 Å². The summed E-state index contributed by atoms with van der Waals surface area (Å²) in [5, 5.41) is 16.6. The minimum absolute atomic E-state index is 0.321. The van der Waals surface area contributed by atoms with Crippen LogP contribution in [0.3, 0.4) is 0 Å². The normalized spacial score (nSPS) is 11.3. The number of oxime groups is 1. The van der Waals surface area contributed by atoms with E-state index in [2.05, 4.69) is 31.4 Å². The molecule has 0 bridgehead atoms. The number of carbonyl (C=O) groups is 1. The third kappa shape index (κ3) is 3.59. The monoisotopic (exact) mass is 369 g/mol. The summed E-state index contributed by atoms with van der Waals surface area (Å²) < 4.78 is 6.01. The van der Waals surface area contributed by atoms with Crippen molar-refractivity contribution in [1.29, 1.82) is 0 Å². The number of methoxy groups -OCH3 is 1. The third-order valence-corrected chi connectivity index (χ3v) is 3.90. The summed E-state index contributed by atoms with van der Waals surface area (Å²) in [5.41, 5.74) is 1.30. The number of aromatic nitrogens is 1. The minimum atomic E-state index is -0.321. The quantitative estimate of drug-likeness (QED) is 0.491. The third-order valence-electron chi connectivity index (χ3n) is 2.65. The fourth-order valence-electron chi connectivity index (χ4n) is 1.57. The van der Waals surface area contributed by atoms with Gasteiger partial charge in [-0.3, -0.25) is 10.1 Å². The van der Waals surface area contributed by atoms with E-state index in [-0.39, 0.29) is 5.91 Å². The summed E-state index contributed by atoms with van der Waals surface area (Å²) in [4.78, 5) is 16.4. The average molecular weight is 370 g/mol. The highest BCUT2D eigenvalue weighted by Gasteiger charge is 2.15. The zero-order chi connectivity index (χ0) is 15.4. The fraction of sp³-hybridized carbons (Fsp3) is 0.154. The van der Waals surface area contributed by atoms with Gasteiger partial charge in [0.15, 0.2) is 5.13 Å². The number of nitrogens with zero attached hydrogens (tertiary/aromatic N) is 2. The van der Waals surface area contributed by atoms with Gasteiger partial charge in [-0.25, -0.2) is 4.98 Å². The number of carbonyl (C=O) groups excluding carboxylic acids is 1. The summed E-state index contributed by atoms with van der Waals surface area (Å²) in [6, 6.07) is 5.13. The summed E-state index contributed by atoms with van der Waals surface area (Å²) in [6.45, 7) is 1.62. The number of benzene rings is 1. The Morgan fingerprint density at radius 2 is 2.29 bits per heavy atom. The van der Waals surface area contributed by atoms with Crippen LogP contribution in [0.4, 0.5) is 5.13 Å². The molecule has 2 rings (SSSR count). The van der Waals surface area contributed by atoms with Crippen molar-refractivity contribution >= 4 is 44.0 Å². The Hall–Kier alpha value is -1.93. The molecule has 1 amide bonds. The van der Waals surface area contributed by atoms with E-state index in [1.165, 1.54) is 18.4 Å². The molecule has 0 atom stereocenters. The Bertz CT molecular complexity index is 700. The lowest BCUT2D eigenvalue weighted by Gasteiger charge is -2.08. The first kappa shape index (κ1) is 15.5. The molecule has 1 aromatic carbocycles. The maximum atomic E-state index is 12.2. The van der Waals surface area contributed by atoms with Crippen LogP contribution >= 0.6 is 27.3 Å². The lowest BCUT2D eigenvalue weighted by Crippen LogP contribution is -2.13. The van der Waals surface area contributed by atoms with Crippen LogP contribution in [-0.2, 0) is 0 Å². The Labute approximate surface area is 133 Å². The molecule has 2 N–H and O–H groups in total. The number of hydrogen-bond acceptors (Lipinski definition) is 6. The van der Waals surface area contributed by atoms with Gasteiger partial charge in [-0.15, -0.1) is 11.3 Å². The van der Waals surface area contributed by atoms with Crippen LogP contribution in [-0.4, -0.2) is 28.9 Å². The molecule has 0 radical (unpaired) electrons. The van der Waals surface area contributed by atoms with Crippen molar-refractivity contribution < 1.29 is 14.7 Å². The van der Waals surface area contributed by atoms with E-state index in [0.29, 0.717) is 27.9 Å². The van der Waals surface area contributed by atoms with Crippen molar-refractivity contribution in [3.8, 4) is 5.75 Å². The molecule has 8 heteroatoms. The van der Waals surface area contributed by atoms with Gasteiger partial charge < -0.3 is 9.94 Å². The van der Waals surface area contributed by atoms with Gasteiger partial charge in [-0.05, 0) is 25.1 Å². The van der Waals surface area contributed by atoms with E-state index >= 15 is 0 Å². The summed E-state index contributed by atoms with van der Waals surface area (Å²) in [5.74, 6) is 0.144. The van der Waals surface area contributed by atoms with Crippen LogP contribution in [0.15, 0.2) is 33.2 Å². The number of nitrogens with one attached hydrogen (secondary N) is 1. The Balaban J connectivity index is 2.20. The molecule has 0 aliphatic rings. The van der Waals surface area contributed by atoms with E-state index in [9.17, 15) is 4.79 Å². The molecule has 21 heavy (non-hydrogen) atoms. The Kier molecular flexibility index (Phi) is 4.92.